The lowest BCUT2D eigenvalue weighted by Gasteiger charge is -2.09. The molecule has 8 heteroatoms. The van der Waals surface area contributed by atoms with Gasteiger partial charge in [-0.3, -0.25) is 0 Å². The number of hydrogen-bond donors (Lipinski definition) is 0. The smallest absolute Gasteiger partial charge is 0.402 e. The molecule has 0 spiro atoms. The molecule has 0 N–H and O–H groups in total. The number of hydrogen-bond acceptors (Lipinski definition) is 3. The highest BCUT2D eigenvalue weighted by molar-refractivity contribution is 6.42. The molecule has 3 rings (SSSR count). The zero-order valence-corrected chi connectivity index (χ0v) is 13.8. The number of rotatable bonds is 2. The molecular weight excluding hydrogens is 378 g/mol. The van der Waals surface area contributed by atoms with Gasteiger partial charge in [0, 0.05) is 5.56 Å². The van der Waals surface area contributed by atoms with Crippen molar-refractivity contribution in [3.63, 3.8) is 0 Å². The number of alkyl halides is 3. The Morgan fingerprint density at radius 1 is 1.04 bits per heavy atom. The minimum absolute atomic E-state index is 0.0562. The Labute approximate surface area is 150 Å². The van der Waals surface area contributed by atoms with Gasteiger partial charge in [0.2, 0.25) is 5.90 Å². The number of cyclic esters (lactones) is 1. The first-order valence-electron chi connectivity index (χ1n) is 6.90. The molecule has 0 aromatic heterocycles. The minimum Gasteiger partial charge on any atom is -0.402 e. The van der Waals surface area contributed by atoms with E-state index < -0.39 is 17.7 Å². The van der Waals surface area contributed by atoms with Crippen molar-refractivity contribution in [3.8, 4) is 0 Å². The number of nitrogens with zero attached hydrogens (tertiary/aromatic N) is 1. The molecule has 2 aromatic carbocycles. The van der Waals surface area contributed by atoms with Gasteiger partial charge in [0.1, 0.15) is 0 Å². The highest BCUT2D eigenvalue weighted by Gasteiger charge is 2.33. The molecule has 0 fully saturated rings. The van der Waals surface area contributed by atoms with Crippen molar-refractivity contribution < 1.29 is 22.7 Å². The Bertz CT molecular complexity index is 920. The first-order chi connectivity index (χ1) is 11.8. The van der Waals surface area contributed by atoms with Gasteiger partial charge in [-0.25, -0.2) is 9.79 Å². The summed E-state index contributed by atoms with van der Waals surface area (Å²) in [6.07, 6.45) is -3.51. The van der Waals surface area contributed by atoms with Crippen molar-refractivity contribution in [1.29, 1.82) is 0 Å². The highest BCUT2D eigenvalue weighted by atomic mass is 35.5. The number of halogens is 5. The average molecular weight is 386 g/mol. The number of carbonyl (C=O) groups is 1. The predicted octanol–water partition coefficient (Wildman–Crippen LogP) is 5.36. The van der Waals surface area contributed by atoms with E-state index in [4.69, 9.17) is 27.9 Å². The minimum atomic E-state index is -4.55. The maximum absolute atomic E-state index is 13.0. The molecule has 0 aliphatic carbocycles. The third-order valence-corrected chi connectivity index (χ3v) is 4.08. The van der Waals surface area contributed by atoms with Crippen molar-refractivity contribution in [1.82, 2.24) is 0 Å². The molecule has 2 aromatic rings. The lowest BCUT2D eigenvalue weighted by atomic mass is 10.1. The second kappa shape index (κ2) is 6.54. The molecule has 1 aliphatic rings. The van der Waals surface area contributed by atoms with Gasteiger partial charge in [0.15, 0.2) is 5.70 Å². The number of carbonyl (C=O) groups excluding carboxylic acids is 1. The summed E-state index contributed by atoms with van der Waals surface area (Å²) in [4.78, 5) is 15.9. The zero-order valence-electron chi connectivity index (χ0n) is 12.3. The Kier molecular flexibility index (Phi) is 4.58. The number of aliphatic imine (C=N–C) groups is 1. The molecule has 0 bridgehead atoms. The SMILES string of the molecule is O=C1OC(c2ccc(Cl)c(Cl)c2)=NC1=Cc1ccccc1C(F)(F)F. The van der Waals surface area contributed by atoms with Gasteiger partial charge in [-0.15, -0.1) is 0 Å². The van der Waals surface area contributed by atoms with E-state index in [1.807, 2.05) is 0 Å². The van der Waals surface area contributed by atoms with E-state index in [1.165, 1.54) is 36.4 Å². The Hall–Kier alpha value is -2.31. The first kappa shape index (κ1) is 17.5. The summed E-state index contributed by atoms with van der Waals surface area (Å²) >= 11 is 11.7. The van der Waals surface area contributed by atoms with Crippen LogP contribution < -0.4 is 0 Å². The van der Waals surface area contributed by atoms with Crippen LogP contribution in [0.5, 0.6) is 0 Å². The van der Waals surface area contributed by atoms with E-state index >= 15 is 0 Å². The average Bonchev–Trinajstić information content (AvgIpc) is 2.90. The number of ether oxygens (including phenoxy) is 1. The van der Waals surface area contributed by atoms with Gasteiger partial charge in [0.25, 0.3) is 0 Å². The Morgan fingerprint density at radius 3 is 2.44 bits per heavy atom. The highest BCUT2D eigenvalue weighted by Crippen LogP contribution is 2.33. The van der Waals surface area contributed by atoms with Crippen LogP contribution in [0.15, 0.2) is 53.2 Å². The van der Waals surface area contributed by atoms with Crippen LogP contribution in [-0.2, 0) is 15.7 Å². The quantitative estimate of drug-likeness (QED) is 0.515. The largest absolute Gasteiger partial charge is 0.416 e. The second-order valence-corrected chi connectivity index (χ2v) is 5.86. The summed E-state index contributed by atoms with van der Waals surface area (Å²) in [5, 5.41) is 0.544. The molecule has 0 amide bonds. The van der Waals surface area contributed by atoms with Crippen LogP contribution in [0.4, 0.5) is 13.2 Å². The van der Waals surface area contributed by atoms with Crippen LogP contribution in [0.1, 0.15) is 16.7 Å². The van der Waals surface area contributed by atoms with E-state index in [9.17, 15) is 18.0 Å². The Morgan fingerprint density at radius 2 is 1.76 bits per heavy atom. The molecule has 0 radical (unpaired) electrons. The van der Waals surface area contributed by atoms with E-state index in [0.717, 1.165) is 12.1 Å². The lowest BCUT2D eigenvalue weighted by molar-refractivity contribution is -0.137. The molecule has 3 nitrogen and oxygen atoms in total. The van der Waals surface area contributed by atoms with Gasteiger partial charge in [-0.05, 0) is 35.9 Å². The lowest BCUT2D eigenvalue weighted by Crippen LogP contribution is -2.08. The monoisotopic (exact) mass is 385 g/mol. The van der Waals surface area contributed by atoms with Crippen LogP contribution in [0.25, 0.3) is 6.08 Å². The van der Waals surface area contributed by atoms with E-state index in [2.05, 4.69) is 4.99 Å². The summed E-state index contributed by atoms with van der Waals surface area (Å²) in [5.74, 6) is -0.905. The second-order valence-electron chi connectivity index (χ2n) is 5.05. The van der Waals surface area contributed by atoms with E-state index in [-0.39, 0.29) is 22.2 Å². The fourth-order valence-corrected chi connectivity index (χ4v) is 2.49. The topological polar surface area (TPSA) is 38.7 Å². The van der Waals surface area contributed by atoms with E-state index in [1.54, 1.807) is 0 Å². The first-order valence-corrected chi connectivity index (χ1v) is 7.65. The van der Waals surface area contributed by atoms with Crippen LogP contribution in [0, 0.1) is 0 Å². The van der Waals surface area contributed by atoms with Gasteiger partial charge in [-0.2, -0.15) is 13.2 Å². The van der Waals surface area contributed by atoms with Crippen molar-refractivity contribution >= 4 is 41.1 Å². The van der Waals surface area contributed by atoms with Crippen LogP contribution in [-0.4, -0.2) is 11.9 Å². The molecule has 25 heavy (non-hydrogen) atoms. The van der Waals surface area contributed by atoms with Crippen molar-refractivity contribution in [2.24, 2.45) is 4.99 Å². The summed E-state index contributed by atoms with van der Waals surface area (Å²) in [5.41, 5.74) is -0.900. The standard InChI is InChI=1S/C17H8Cl2F3NO2/c18-12-6-5-10(7-13(12)19)15-23-14(16(24)25-15)8-9-3-1-2-4-11(9)17(20,21)22/h1-8H. The van der Waals surface area contributed by atoms with E-state index in [0.29, 0.717) is 10.6 Å². The predicted molar refractivity (Wildman–Crippen MR) is 88.5 cm³/mol. The van der Waals surface area contributed by atoms with Crippen LogP contribution >= 0.6 is 23.2 Å². The molecule has 0 saturated heterocycles. The summed E-state index contributed by atoms with van der Waals surface area (Å²) < 4.78 is 44.1. The molecule has 0 unspecified atom stereocenters. The zero-order chi connectivity index (χ0) is 18.2. The van der Waals surface area contributed by atoms with Crippen LogP contribution in [0.3, 0.4) is 0 Å². The molecule has 1 aliphatic heterocycles. The number of esters is 1. The van der Waals surface area contributed by atoms with Gasteiger partial charge in [0.05, 0.1) is 15.6 Å². The van der Waals surface area contributed by atoms with Gasteiger partial charge in [-0.1, -0.05) is 41.4 Å². The maximum atomic E-state index is 13.0. The molecule has 128 valence electrons. The third-order valence-electron chi connectivity index (χ3n) is 3.35. The van der Waals surface area contributed by atoms with Crippen LogP contribution in [0.2, 0.25) is 10.0 Å². The maximum Gasteiger partial charge on any atom is 0.416 e. The number of benzene rings is 2. The molecule has 1 heterocycles. The molecular formula is C17H8Cl2F3NO2. The third kappa shape index (κ3) is 3.70. The van der Waals surface area contributed by atoms with Crippen molar-refractivity contribution in [3.05, 3.63) is 74.9 Å². The van der Waals surface area contributed by atoms with Gasteiger partial charge < -0.3 is 4.74 Å². The normalized spacial score (nSPS) is 16.1. The summed E-state index contributed by atoms with van der Waals surface area (Å²) in [6.45, 7) is 0. The van der Waals surface area contributed by atoms with Gasteiger partial charge >= 0.3 is 12.1 Å². The Balaban J connectivity index is 2.01. The van der Waals surface area contributed by atoms with Crippen molar-refractivity contribution in [2.45, 2.75) is 6.18 Å². The summed E-state index contributed by atoms with van der Waals surface area (Å²) in [7, 11) is 0. The van der Waals surface area contributed by atoms with Crippen molar-refractivity contribution in [2.75, 3.05) is 0 Å². The molecule has 0 saturated carbocycles. The fraction of sp³-hybridized carbons (Fsp3) is 0.0588. The molecule has 0 atom stereocenters. The fourth-order valence-electron chi connectivity index (χ4n) is 2.19. The summed E-state index contributed by atoms with van der Waals surface area (Å²) in [6, 6.07) is 9.35.